The van der Waals surface area contributed by atoms with Crippen molar-refractivity contribution >= 4 is 11.3 Å². The number of thiophene rings is 1. The second-order valence-corrected chi connectivity index (χ2v) is 7.65. The Balaban J connectivity index is 1.49. The molecular weight excluding hydrogens is 306 g/mol. The van der Waals surface area contributed by atoms with E-state index in [0.29, 0.717) is 6.04 Å². The predicted molar refractivity (Wildman–Crippen MR) is 91.4 cm³/mol. The fourth-order valence-electron chi connectivity index (χ4n) is 4.04. The van der Waals surface area contributed by atoms with Crippen LogP contribution < -0.4 is 0 Å². The minimum atomic E-state index is 0.578. The van der Waals surface area contributed by atoms with E-state index in [1.807, 2.05) is 29.9 Å². The van der Waals surface area contributed by atoms with E-state index < -0.39 is 0 Å². The van der Waals surface area contributed by atoms with E-state index in [4.69, 9.17) is 4.42 Å². The first-order valence-corrected chi connectivity index (χ1v) is 9.07. The summed E-state index contributed by atoms with van der Waals surface area (Å²) >= 11 is 1.81. The smallest absolute Gasteiger partial charge is 0.0989 e. The Morgan fingerprint density at radius 3 is 2.74 bits per heavy atom. The fraction of sp³-hybridized carbons (Fsp3) is 0.389. The van der Waals surface area contributed by atoms with E-state index >= 15 is 0 Å². The third-order valence-electron chi connectivity index (χ3n) is 5.31. The molecular formula is C18H19N3OS. The van der Waals surface area contributed by atoms with E-state index in [1.165, 1.54) is 47.9 Å². The third-order valence-corrected chi connectivity index (χ3v) is 6.47. The summed E-state index contributed by atoms with van der Waals surface area (Å²) in [5.74, 6) is 0.807. The molecule has 3 aliphatic rings. The molecule has 3 saturated heterocycles. The molecule has 5 heteroatoms. The van der Waals surface area contributed by atoms with Crippen LogP contribution >= 0.6 is 11.3 Å². The molecule has 6 rings (SSSR count). The van der Waals surface area contributed by atoms with E-state index in [-0.39, 0.29) is 0 Å². The van der Waals surface area contributed by atoms with Crippen LogP contribution in [0.4, 0.5) is 0 Å². The highest BCUT2D eigenvalue weighted by Gasteiger charge is 2.35. The number of piperidine rings is 3. The van der Waals surface area contributed by atoms with Gasteiger partial charge >= 0.3 is 0 Å². The van der Waals surface area contributed by atoms with Gasteiger partial charge in [0.1, 0.15) is 0 Å². The third kappa shape index (κ3) is 2.26. The molecule has 118 valence electrons. The van der Waals surface area contributed by atoms with Gasteiger partial charge in [0, 0.05) is 17.0 Å². The molecule has 4 nitrogen and oxygen atoms in total. The van der Waals surface area contributed by atoms with Crippen LogP contribution in [0.2, 0.25) is 0 Å². The van der Waals surface area contributed by atoms with Gasteiger partial charge < -0.3 is 13.9 Å². The molecule has 0 saturated carbocycles. The first-order valence-electron chi connectivity index (χ1n) is 8.25. The fourth-order valence-corrected chi connectivity index (χ4v) is 5.05. The molecule has 0 N–H and O–H groups in total. The van der Waals surface area contributed by atoms with Crippen molar-refractivity contribution in [2.75, 3.05) is 19.6 Å². The number of fused-ring (bicyclic) bond motifs is 3. The Morgan fingerprint density at radius 1 is 1.13 bits per heavy atom. The summed E-state index contributed by atoms with van der Waals surface area (Å²) < 4.78 is 7.62. The lowest BCUT2D eigenvalue weighted by Crippen LogP contribution is -2.48. The van der Waals surface area contributed by atoms with Crippen LogP contribution in [0.15, 0.2) is 47.7 Å². The van der Waals surface area contributed by atoms with Crippen molar-refractivity contribution in [1.82, 2.24) is 14.5 Å². The van der Waals surface area contributed by atoms with Crippen molar-refractivity contribution in [2.24, 2.45) is 5.92 Å². The molecule has 3 aliphatic heterocycles. The number of furan rings is 1. The molecule has 6 heterocycles. The van der Waals surface area contributed by atoms with Gasteiger partial charge in [-0.25, -0.2) is 4.98 Å². The average Bonchev–Trinajstić information content (AvgIpc) is 3.35. The molecule has 1 unspecified atom stereocenters. The van der Waals surface area contributed by atoms with Crippen LogP contribution in [0.5, 0.6) is 0 Å². The predicted octanol–water partition coefficient (Wildman–Crippen LogP) is 4.14. The number of rotatable bonds is 3. The van der Waals surface area contributed by atoms with Gasteiger partial charge in [-0.1, -0.05) is 0 Å². The molecule has 3 aromatic heterocycles. The maximum Gasteiger partial charge on any atom is 0.0989 e. The summed E-state index contributed by atoms with van der Waals surface area (Å²) in [6.07, 6.45) is 10.2. The van der Waals surface area contributed by atoms with Gasteiger partial charge in [-0.05, 0) is 50.0 Å². The summed E-state index contributed by atoms with van der Waals surface area (Å²) in [4.78, 5) is 9.59. The zero-order valence-corrected chi connectivity index (χ0v) is 13.7. The van der Waals surface area contributed by atoms with Gasteiger partial charge in [-0.3, -0.25) is 0 Å². The SMILES string of the molecule is c1cc(-c2ccc(-c3cncn3C3CN4CCC3CC4)s2)co1. The molecule has 3 aromatic rings. The van der Waals surface area contributed by atoms with Crippen molar-refractivity contribution in [3.05, 3.63) is 43.2 Å². The normalized spacial score (nSPS) is 26.7. The molecule has 2 bridgehead atoms. The minimum Gasteiger partial charge on any atom is -0.472 e. The Bertz CT molecular complexity index is 796. The van der Waals surface area contributed by atoms with Crippen LogP contribution in [0, 0.1) is 5.92 Å². The minimum absolute atomic E-state index is 0.578. The highest BCUT2D eigenvalue weighted by Crippen LogP contribution is 2.40. The van der Waals surface area contributed by atoms with Crippen LogP contribution in [0.3, 0.4) is 0 Å². The second-order valence-electron chi connectivity index (χ2n) is 6.57. The van der Waals surface area contributed by atoms with Gasteiger partial charge in [0.2, 0.25) is 0 Å². The number of imidazole rings is 1. The van der Waals surface area contributed by atoms with Gasteiger partial charge in [0.25, 0.3) is 0 Å². The molecule has 3 fully saturated rings. The Kier molecular flexibility index (Phi) is 3.16. The van der Waals surface area contributed by atoms with Crippen molar-refractivity contribution < 1.29 is 4.42 Å². The van der Waals surface area contributed by atoms with E-state index in [0.717, 1.165) is 11.5 Å². The summed E-state index contributed by atoms with van der Waals surface area (Å²) in [7, 11) is 0. The van der Waals surface area contributed by atoms with E-state index in [1.54, 1.807) is 12.5 Å². The van der Waals surface area contributed by atoms with Gasteiger partial charge in [0.05, 0.1) is 41.7 Å². The van der Waals surface area contributed by atoms with Gasteiger partial charge in [-0.15, -0.1) is 11.3 Å². The van der Waals surface area contributed by atoms with Crippen molar-refractivity contribution in [3.8, 4) is 21.0 Å². The molecule has 1 atom stereocenters. The largest absolute Gasteiger partial charge is 0.472 e. The van der Waals surface area contributed by atoms with Crippen LogP contribution in [0.1, 0.15) is 18.9 Å². The first kappa shape index (κ1) is 13.6. The topological polar surface area (TPSA) is 34.2 Å². The molecule has 23 heavy (non-hydrogen) atoms. The zero-order chi connectivity index (χ0) is 15.2. The first-order chi connectivity index (χ1) is 11.4. The Morgan fingerprint density at radius 2 is 2.00 bits per heavy atom. The number of hydrogen-bond acceptors (Lipinski definition) is 4. The van der Waals surface area contributed by atoms with Crippen LogP contribution in [0.25, 0.3) is 21.0 Å². The van der Waals surface area contributed by atoms with Crippen LogP contribution in [-0.4, -0.2) is 34.1 Å². The summed E-state index contributed by atoms with van der Waals surface area (Å²) in [6, 6.07) is 6.98. The van der Waals surface area contributed by atoms with E-state index in [9.17, 15) is 0 Å². The maximum atomic E-state index is 5.20. The van der Waals surface area contributed by atoms with Crippen molar-refractivity contribution in [1.29, 1.82) is 0 Å². The average molecular weight is 325 g/mol. The zero-order valence-electron chi connectivity index (χ0n) is 12.9. The van der Waals surface area contributed by atoms with Crippen molar-refractivity contribution in [2.45, 2.75) is 18.9 Å². The van der Waals surface area contributed by atoms with Gasteiger partial charge in [-0.2, -0.15) is 0 Å². The van der Waals surface area contributed by atoms with Gasteiger partial charge in [0.15, 0.2) is 0 Å². The second kappa shape index (κ2) is 5.35. The highest BCUT2D eigenvalue weighted by molar-refractivity contribution is 7.18. The van der Waals surface area contributed by atoms with E-state index in [2.05, 4.69) is 26.6 Å². The quantitative estimate of drug-likeness (QED) is 0.726. The van der Waals surface area contributed by atoms with Crippen LogP contribution in [-0.2, 0) is 0 Å². The summed E-state index contributed by atoms with van der Waals surface area (Å²) in [6.45, 7) is 3.72. The molecule has 0 spiro atoms. The molecule has 0 amide bonds. The lowest BCUT2D eigenvalue weighted by molar-refractivity contribution is 0.0577. The molecule has 0 aromatic carbocycles. The molecule has 0 radical (unpaired) electrons. The monoisotopic (exact) mass is 325 g/mol. The maximum absolute atomic E-state index is 5.20. The van der Waals surface area contributed by atoms with Crippen molar-refractivity contribution in [3.63, 3.8) is 0 Å². The number of nitrogens with zero attached hydrogens (tertiary/aromatic N) is 3. The Labute approximate surface area is 139 Å². The number of hydrogen-bond donors (Lipinski definition) is 0. The molecule has 0 aliphatic carbocycles. The standard InChI is InChI=1S/C18H19N3OS/c1-2-18(23-17(1)14-5-8-22-11-14)15-9-19-12-21(15)16-10-20-6-3-13(16)4-7-20/h1-2,5,8-9,11-13,16H,3-4,6-7,10H2. The Hall–Kier alpha value is -1.85. The lowest BCUT2D eigenvalue weighted by atomic mass is 9.84. The summed E-state index contributed by atoms with van der Waals surface area (Å²) in [5.41, 5.74) is 2.40. The summed E-state index contributed by atoms with van der Waals surface area (Å²) in [5, 5.41) is 0. The number of aromatic nitrogens is 2. The highest BCUT2D eigenvalue weighted by atomic mass is 32.1. The lowest BCUT2D eigenvalue weighted by Gasteiger charge is -2.45.